The van der Waals surface area contributed by atoms with E-state index in [1.807, 2.05) is 13.8 Å². The summed E-state index contributed by atoms with van der Waals surface area (Å²) < 4.78 is 37.9. The van der Waals surface area contributed by atoms with Crippen molar-refractivity contribution in [1.29, 1.82) is 0 Å². The van der Waals surface area contributed by atoms with E-state index in [9.17, 15) is 13.2 Å². The Balaban J connectivity index is 3.01. The monoisotopic (exact) mass is 308 g/mol. The number of anilines is 1. The number of rotatable bonds is 6. The fourth-order valence-electron chi connectivity index (χ4n) is 1.90. The van der Waals surface area contributed by atoms with Crippen molar-refractivity contribution < 1.29 is 13.2 Å². The van der Waals surface area contributed by atoms with Gasteiger partial charge in [-0.05, 0) is 30.7 Å². The minimum absolute atomic E-state index is 0.250. The molecule has 0 aliphatic rings. The molecule has 0 unspecified atom stereocenters. The van der Waals surface area contributed by atoms with Crippen LogP contribution in [0.3, 0.4) is 0 Å². The number of nitrogens with zero attached hydrogens (tertiary/aromatic N) is 1. The zero-order valence-electron chi connectivity index (χ0n) is 11.9. The van der Waals surface area contributed by atoms with Gasteiger partial charge in [0.05, 0.1) is 0 Å². The Morgan fingerprint density at radius 3 is 2.45 bits per heavy atom. The van der Waals surface area contributed by atoms with E-state index < -0.39 is 12.7 Å². The Labute approximate surface area is 122 Å². The summed E-state index contributed by atoms with van der Waals surface area (Å²) in [6, 6.07) is 5.23. The van der Waals surface area contributed by atoms with E-state index in [0.29, 0.717) is 17.3 Å². The molecule has 6 heteroatoms. The van der Waals surface area contributed by atoms with E-state index in [1.54, 1.807) is 25.1 Å². The van der Waals surface area contributed by atoms with E-state index in [1.165, 1.54) is 4.90 Å². The Hall–Kier alpha value is -0.940. The van der Waals surface area contributed by atoms with Crippen LogP contribution < -0.4 is 10.2 Å². The lowest BCUT2D eigenvalue weighted by molar-refractivity contribution is -0.119. The second-order valence-electron chi connectivity index (χ2n) is 4.94. The smallest absolute Gasteiger partial charge is 0.363 e. The molecule has 1 rings (SSSR count). The fraction of sp³-hybridized carbons (Fsp3) is 0.571. The number of benzene rings is 1. The maximum atomic E-state index is 12.6. The predicted molar refractivity (Wildman–Crippen MR) is 77.4 cm³/mol. The van der Waals surface area contributed by atoms with Crippen LogP contribution >= 0.6 is 11.6 Å². The molecule has 0 aliphatic carbocycles. The molecule has 1 N–H and O–H groups in total. The first-order valence-electron chi connectivity index (χ1n) is 6.56. The molecule has 0 radical (unpaired) electrons. The van der Waals surface area contributed by atoms with Gasteiger partial charge in [0.25, 0.3) is 0 Å². The van der Waals surface area contributed by atoms with Gasteiger partial charge in [0.1, 0.15) is 6.54 Å². The molecule has 0 fully saturated rings. The van der Waals surface area contributed by atoms with Crippen molar-refractivity contribution in [2.75, 3.05) is 18.0 Å². The standard InChI is InChI=1S/C14H20ClF3N2/c1-4-20(9-14(16,17)18)13-6-5-12(15)7-11(13)8-19-10(2)3/h5-7,10,19H,4,8-9H2,1-3H3. The molecule has 0 spiro atoms. The maximum Gasteiger partial charge on any atom is 0.405 e. The van der Waals surface area contributed by atoms with Crippen LogP contribution in [0.4, 0.5) is 18.9 Å². The van der Waals surface area contributed by atoms with E-state index in [4.69, 9.17) is 11.6 Å². The highest BCUT2D eigenvalue weighted by Gasteiger charge is 2.31. The quantitative estimate of drug-likeness (QED) is 0.846. The number of nitrogens with one attached hydrogen (secondary N) is 1. The van der Waals surface area contributed by atoms with Crippen LogP contribution in [0.2, 0.25) is 5.02 Å². The van der Waals surface area contributed by atoms with Gasteiger partial charge in [0.2, 0.25) is 0 Å². The molecule has 0 bridgehead atoms. The van der Waals surface area contributed by atoms with Crippen LogP contribution in [-0.4, -0.2) is 25.3 Å². The molecule has 114 valence electrons. The summed E-state index contributed by atoms with van der Waals surface area (Å²) in [5.74, 6) is 0. The predicted octanol–water partition coefficient (Wildman–Crippen LogP) is 4.23. The lowest BCUT2D eigenvalue weighted by Crippen LogP contribution is -2.35. The Morgan fingerprint density at radius 1 is 1.30 bits per heavy atom. The van der Waals surface area contributed by atoms with Crippen LogP contribution in [0.5, 0.6) is 0 Å². The lowest BCUT2D eigenvalue weighted by Gasteiger charge is -2.27. The van der Waals surface area contributed by atoms with E-state index in [-0.39, 0.29) is 12.6 Å². The van der Waals surface area contributed by atoms with Gasteiger partial charge >= 0.3 is 6.18 Å². The highest BCUT2D eigenvalue weighted by Crippen LogP contribution is 2.27. The number of alkyl halides is 3. The zero-order chi connectivity index (χ0) is 15.3. The second-order valence-corrected chi connectivity index (χ2v) is 5.37. The summed E-state index contributed by atoms with van der Waals surface area (Å²) >= 11 is 5.94. The van der Waals surface area contributed by atoms with E-state index in [2.05, 4.69) is 5.32 Å². The fourth-order valence-corrected chi connectivity index (χ4v) is 2.10. The summed E-state index contributed by atoms with van der Waals surface area (Å²) in [7, 11) is 0. The van der Waals surface area contributed by atoms with Crippen LogP contribution in [0.15, 0.2) is 18.2 Å². The van der Waals surface area contributed by atoms with Crippen molar-refractivity contribution in [2.24, 2.45) is 0 Å². The maximum absolute atomic E-state index is 12.6. The van der Waals surface area contributed by atoms with Crippen molar-refractivity contribution in [3.63, 3.8) is 0 Å². The SMILES string of the molecule is CCN(CC(F)(F)F)c1ccc(Cl)cc1CNC(C)C. The van der Waals surface area contributed by atoms with Gasteiger partial charge in [-0.1, -0.05) is 25.4 Å². The summed E-state index contributed by atoms with van der Waals surface area (Å²) in [4.78, 5) is 1.31. The molecule has 1 aromatic carbocycles. The van der Waals surface area contributed by atoms with Crippen molar-refractivity contribution in [3.05, 3.63) is 28.8 Å². The molecule has 0 amide bonds. The first-order chi connectivity index (χ1) is 9.23. The van der Waals surface area contributed by atoms with Gasteiger partial charge in [0, 0.05) is 29.8 Å². The molecule has 20 heavy (non-hydrogen) atoms. The Morgan fingerprint density at radius 2 is 1.95 bits per heavy atom. The third-order valence-corrected chi connectivity index (χ3v) is 3.07. The Bertz CT molecular complexity index is 433. The third kappa shape index (κ3) is 5.59. The molecule has 0 saturated carbocycles. The summed E-state index contributed by atoms with van der Waals surface area (Å²) in [5, 5.41) is 3.73. The van der Waals surface area contributed by atoms with E-state index in [0.717, 1.165) is 5.56 Å². The number of hydrogen-bond donors (Lipinski definition) is 1. The summed E-state index contributed by atoms with van der Waals surface area (Å²) in [6.07, 6.45) is -4.22. The van der Waals surface area contributed by atoms with Crippen LogP contribution in [0.25, 0.3) is 0 Å². The first-order valence-corrected chi connectivity index (χ1v) is 6.94. The second kappa shape index (κ2) is 7.18. The van der Waals surface area contributed by atoms with Gasteiger partial charge in [-0.2, -0.15) is 13.2 Å². The average Bonchev–Trinajstić information content (AvgIpc) is 2.32. The van der Waals surface area contributed by atoms with Crippen molar-refractivity contribution in [3.8, 4) is 0 Å². The average molecular weight is 309 g/mol. The minimum Gasteiger partial charge on any atom is -0.363 e. The topological polar surface area (TPSA) is 15.3 Å². The molecule has 0 saturated heterocycles. The normalized spacial score (nSPS) is 12.0. The molecule has 1 aromatic rings. The minimum atomic E-state index is -4.22. The van der Waals surface area contributed by atoms with Crippen molar-refractivity contribution >= 4 is 17.3 Å². The highest BCUT2D eigenvalue weighted by atomic mass is 35.5. The summed E-state index contributed by atoms with van der Waals surface area (Å²) in [6.45, 7) is 5.49. The highest BCUT2D eigenvalue weighted by molar-refractivity contribution is 6.30. The number of hydrogen-bond acceptors (Lipinski definition) is 2. The van der Waals surface area contributed by atoms with Gasteiger partial charge in [0.15, 0.2) is 0 Å². The molecule has 0 aromatic heterocycles. The van der Waals surface area contributed by atoms with Gasteiger partial charge in [-0.25, -0.2) is 0 Å². The largest absolute Gasteiger partial charge is 0.405 e. The van der Waals surface area contributed by atoms with Crippen LogP contribution in [-0.2, 0) is 6.54 Å². The molecule has 2 nitrogen and oxygen atoms in total. The van der Waals surface area contributed by atoms with Gasteiger partial charge < -0.3 is 10.2 Å². The van der Waals surface area contributed by atoms with Crippen LogP contribution in [0, 0.1) is 0 Å². The Kier molecular flexibility index (Phi) is 6.14. The van der Waals surface area contributed by atoms with E-state index >= 15 is 0 Å². The third-order valence-electron chi connectivity index (χ3n) is 2.83. The molecule has 0 aliphatic heterocycles. The molecule has 0 heterocycles. The summed E-state index contributed by atoms with van der Waals surface area (Å²) in [5.41, 5.74) is 1.35. The molecular formula is C14H20ClF3N2. The van der Waals surface area contributed by atoms with Crippen molar-refractivity contribution in [2.45, 2.75) is 39.5 Å². The number of halogens is 4. The van der Waals surface area contributed by atoms with Gasteiger partial charge in [-0.15, -0.1) is 0 Å². The van der Waals surface area contributed by atoms with Crippen LogP contribution in [0.1, 0.15) is 26.3 Å². The zero-order valence-corrected chi connectivity index (χ0v) is 12.6. The lowest BCUT2D eigenvalue weighted by atomic mass is 10.1. The molecular weight excluding hydrogens is 289 g/mol. The van der Waals surface area contributed by atoms with Crippen molar-refractivity contribution in [1.82, 2.24) is 5.32 Å². The molecule has 0 atom stereocenters. The van der Waals surface area contributed by atoms with Gasteiger partial charge in [-0.3, -0.25) is 0 Å². The first kappa shape index (κ1) is 17.1.